The zero-order valence-electron chi connectivity index (χ0n) is 15.6. The fourth-order valence-electron chi connectivity index (χ4n) is 2.94. The fraction of sp³-hybridized carbons (Fsp3) is 0. The number of thiazole rings is 1. The van der Waals surface area contributed by atoms with E-state index in [1.54, 1.807) is 41.9 Å². The number of carbonyl (C=O) groups excluding carboxylic acids is 1. The van der Waals surface area contributed by atoms with E-state index >= 15 is 0 Å². The predicted octanol–water partition coefficient (Wildman–Crippen LogP) is 4.92. The Morgan fingerprint density at radius 1 is 0.967 bits per heavy atom. The Hall–Kier alpha value is -4.04. The topological polar surface area (TPSA) is 81.9 Å². The van der Waals surface area contributed by atoms with Crippen molar-refractivity contribution in [3.05, 3.63) is 90.5 Å². The maximum Gasteiger partial charge on any atom is 0.255 e. The minimum Gasteiger partial charge on any atom is -0.439 e. The number of nitrogens with zero attached hydrogens (tertiary/aromatic N) is 4. The van der Waals surface area contributed by atoms with E-state index in [2.05, 4.69) is 20.3 Å². The number of aromatic nitrogens is 4. The van der Waals surface area contributed by atoms with E-state index in [1.165, 1.54) is 17.7 Å². The second kappa shape index (κ2) is 7.76. The van der Waals surface area contributed by atoms with Gasteiger partial charge in [-0.25, -0.2) is 15.0 Å². The molecule has 8 heteroatoms. The lowest BCUT2D eigenvalue weighted by atomic mass is 10.2. The van der Waals surface area contributed by atoms with Crippen LogP contribution >= 0.6 is 11.3 Å². The highest BCUT2D eigenvalue weighted by molar-refractivity contribution is 7.16. The summed E-state index contributed by atoms with van der Waals surface area (Å²) in [6.07, 6.45) is 5.26. The molecule has 0 saturated carbocycles. The molecule has 0 aliphatic carbocycles. The van der Waals surface area contributed by atoms with Crippen molar-refractivity contribution in [2.45, 2.75) is 0 Å². The number of rotatable bonds is 5. The number of carbonyl (C=O) groups is 1. The molecule has 0 saturated heterocycles. The summed E-state index contributed by atoms with van der Waals surface area (Å²) < 4.78 is 8.67. The molecule has 30 heavy (non-hydrogen) atoms. The molecule has 0 fully saturated rings. The van der Waals surface area contributed by atoms with Crippen molar-refractivity contribution >= 4 is 33.1 Å². The largest absolute Gasteiger partial charge is 0.439 e. The fourth-order valence-corrected chi connectivity index (χ4v) is 3.66. The van der Waals surface area contributed by atoms with Crippen molar-refractivity contribution in [1.29, 1.82) is 0 Å². The maximum absolute atomic E-state index is 12.5. The molecule has 7 nitrogen and oxygen atoms in total. The molecule has 146 valence electrons. The minimum atomic E-state index is -0.175. The molecule has 0 radical (unpaired) electrons. The average molecular weight is 413 g/mol. The van der Waals surface area contributed by atoms with Crippen LogP contribution in [0, 0.1) is 0 Å². The second-order valence-corrected chi connectivity index (χ2v) is 7.31. The predicted molar refractivity (Wildman–Crippen MR) is 115 cm³/mol. The van der Waals surface area contributed by atoms with Crippen LogP contribution in [-0.2, 0) is 0 Å². The van der Waals surface area contributed by atoms with Gasteiger partial charge in [-0.05, 0) is 54.6 Å². The van der Waals surface area contributed by atoms with Crippen LogP contribution in [0.15, 0.2) is 84.9 Å². The van der Waals surface area contributed by atoms with Gasteiger partial charge in [0.2, 0.25) is 5.88 Å². The van der Waals surface area contributed by atoms with Crippen LogP contribution < -0.4 is 10.1 Å². The molecule has 5 rings (SSSR count). The number of nitrogens with one attached hydrogen (secondary N) is 1. The van der Waals surface area contributed by atoms with Crippen molar-refractivity contribution in [3.8, 4) is 17.4 Å². The van der Waals surface area contributed by atoms with Crippen molar-refractivity contribution in [2.24, 2.45) is 0 Å². The quantitative estimate of drug-likeness (QED) is 0.442. The first-order valence-corrected chi connectivity index (χ1v) is 10.0. The molecule has 0 spiro atoms. The van der Waals surface area contributed by atoms with Crippen LogP contribution in [0.4, 0.5) is 5.69 Å². The molecule has 2 aromatic carbocycles. The molecule has 0 bridgehead atoms. The molecule has 3 heterocycles. The van der Waals surface area contributed by atoms with Crippen LogP contribution in [0.25, 0.3) is 16.0 Å². The minimum absolute atomic E-state index is 0.175. The van der Waals surface area contributed by atoms with Gasteiger partial charge in [-0.15, -0.1) is 11.3 Å². The Morgan fingerprint density at radius 2 is 1.80 bits per heavy atom. The average Bonchev–Trinajstić information content (AvgIpc) is 3.47. The van der Waals surface area contributed by atoms with Gasteiger partial charge in [0.1, 0.15) is 17.9 Å². The van der Waals surface area contributed by atoms with Gasteiger partial charge in [0.05, 0.1) is 15.7 Å². The normalized spacial score (nSPS) is 10.8. The second-order valence-electron chi connectivity index (χ2n) is 6.42. The molecule has 5 aromatic rings. The first kappa shape index (κ1) is 18.0. The van der Waals surface area contributed by atoms with E-state index in [-0.39, 0.29) is 5.91 Å². The Labute approximate surface area is 175 Å². The molecule has 0 unspecified atom stereocenters. The van der Waals surface area contributed by atoms with Crippen LogP contribution in [0.2, 0.25) is 0 Å². The van der Waals surface area contributed by atoms with Crippen molar-refractivity contribution < 1.29 is 9.53 Å². The van der Waals surface area contributed by atoms with E-state index in [9.17, 15) is 4.79 Å². The standard InChI is InChI=1S/C22H15N5O2S/c28-22(15-3-8-18-19(11-15)30-14-25-18)26-16-4-6-17(7-5-16)29-21-12-20(23-13-24-21)27-9-1-2-10-27/h1-14H,(H,26,28). The first-order chi connectivity index (χ1) is 14.7. The number of ether oxygens (including phenoxy) is 1. The summed E-state index contributed by atoms with van der Waals surface area (Å²) in [6.45, 7) is 0. The van der Waals surface area contributed by atoms with Gasteiger partial charge < -0.3 is 14.6 Å². The summed E-state index contributed by atoms with van der Waals surface area (Å²) in [5.41, 5.74) is 3.92. The maximum atomic E-state index is 12.5. The molecule has 1 amide bonds. The van der Waals surface area contributed by atoms with E-state index in [0.717, 1.165) is 10.2 Å². The smallest absolute Gasteiger partial charge is 0.255 e. The van der Waals surface area contributed by atoms with Crippen LogP contribution in [0.3, 0.4) is 0 Å². The van der Waals surface area contributed by atoms with Gasteiger partial charge in [0, 0.05) is 29.7 Å². The molecular formula is C22H15N5O2S. The highest BCUT2D eigenvalue weighted by Gasteiger charge is 2.09. The SMILES string of the molecule is O=C(Nc1ccc(Oc2cc(-n3cccc3)ncn2)cc1)c1ccc2ncsc2c1. The highest BCUT2D eigenvalue weighted by Crippen LogP contribution is 2.23. The highest BCUT2D eigenvalue weighted by atomic mass is 32.1. The third-order valence-electron chi connectivity index (χ3n) is 4.42. The number of benzene rings is 2. The molecule has 0 aliphatic heterocycles. The molecule has 0 atom stereocenters. The summed E-state index contributed by atoms with van der Waals surface area (Å²) >= 11 is 1.51. The van der Waals surface area contributed by atoms with E-state index in [0.29, 0.717) is 28.7 Å². The van der Waals surface area contributed by atoms with Gasteiger partial charge in [-0.1, -0.05) is 0 Å². The number of amides is 1. The third kappa shape index (κ3) is 3.76. The summed E-state index contributed by atoms with van der Waals surface area (Å²) in [4.78, 5) is 25.1. The monoisotopic (exact) mass is 413 g/mol. The molecular weight excluding hydrogens is 398 g/mol. The molecule has 0 aliphatic rings. The molecule has 3 aromatic heterocycles. The van der Waals surface area contributed by atoms with Gasteiger partial charge in [0.15, 0.2) is 0 Å². The Kier molecular flexibility index (Phi) is 4.66. The van der Waals surface area contributed by atoms with E-state index in [4.69, 9.17) is 4.74 Å². The van der Waals surface area contributed by atoms with Crippen LogP contribution in [-0.4, -0.2) is 25.4 Å². The summed E-state index contributed by atoms with van der Waals surface area (Å²) in [5, 5.41) is 2.89. The Bertz CT molecular complexity index is 1310. The number of anilines is 1. The van der Waals surface area contributed by atoms with Crippen LogP contribution in [0.1, 0.15) is 10.4 Å². The van der Waals surface area contributed by atoms with Gasteiger partial charge in [0.25, 0.3) is 5.91 Å². The van der Waals surface area contributed by atoms with Gasteiger partial charge in [-0.3, -0.25) is 4.79 Å². The first-order valence-electron chi connectivity index (χ1n) is 9.12. The zero-order valence-corrected chi connectivity index (χ0v) is 16.4. The molecule has 1 N–H and O–H groups in total. The number of fused-ring (bicyclic) bond motifs is 1. The summed E-state index contributed by atoms with van der Waals surface area (Å²) in [7, 11) is 0. The van der Waals surface area contributed by atoms with Crippen molar-refractivity contribution in [2.75, 3.05) is 5.32 Å². The van der Waals surface area contributed by atoms with Crippen molar-refractivity contribution in [1.82, 2.24) is 19.5 Å². The van der Waals surface area contributed by atoms with E-state index < -0.39 is 0 Å². The van der Waals surface area contributed by atoms with E-state index in [1.807, 2.05) is 41.2 Å². The zero-order chi connectivity index (χ0) is 20.3. The van der Waals surface area contributed by atoms with Crippen molar-refractivity contribution in [3.63, 3.8) is 0 Å². The lowest BCUT2D eigenvalue weighted by Crippen LogP contribution is -2.11. The van der Waals surface area contributed by atoms with Crippen LogP contribution in [0.5, 0.6) is 11.6 Å². The lowest BCUT2D eigenvalue weighted by Gasteiger charge is -2.09. The lowest BCUT2D eigenvalue weighted by molar-refractivity contribution is 0.102. The Morgan fingerprint density at radius 3 is 2.63 bits per heavy atom. The number of hydrogen-bond donors (Lipinski definition) is 1. The summed E-state index contributed by atoms with van der Waals surface area (Å²) in [5.74, 6) is 1.58. The van der Waals surface area contributed by atoms with Gasteiger partial charge >= 0.3 is 0 Å². The Balaban J connectivity index is 1.27. The number of hydrogen-bond acceptors (Lipinski definition) is 6. The third-order valence-corrected chi connectivity index (χ3v) is 5.22. The van der Waals surface area contributed by atoms with Gasteiger partial charge in [-0.2, -0.15) is 0 Å². The summed E-state index contributed by atoms with van der Waals surface area (Å²) in [6, 6.07) is 18.2.